The van der Waals surface area contributed by atoms with Gasteiger partial charge in [0.05, 0.1) is 25.7 Å². The van der Waals surface area contributed by atoms with Crippen LogP contribution in [0.4, 0.5) is 0 Å². The number of aromatic hydroxyl groups is 2. The number of benzene rings is 2. The second-order valence-electron chi connectivity index (χ2n) is 5.52. The minimum atomic E-state index is -0.775. The van der Waals surface area contributed by atoms with E-state index in [4.69, 9.17) is 14.2 Å². The quantitative estimate of drug-likeness (QED) is 0.820. The standard InChI is InChI=1S/C18H16O7/c1-23-14-6-15(24-2)11(3-9(14)7-19)12-8-25-16-5-10(20)4-13(21)17(16)18(12)22/h3-7,12,20-21H,8H2,1-2H3/t12-/m1/s1. The predicted molar refractivity (Wildman–Crippen MR) is 87.3 cm³/mol. The molecule has 0 saturated carbocycles. The normalized spacial score (nSPS) is 15.9. The van der Waals surface area contributed by atoms with E-state index in [1.165, 1.54) is 32.4 Å². The van der Waals surface area contributed by atoms with E-state index in [9.17, 15) is 19.8 Å². The van der Waals surface area contributed by atoms with E-state index in [0.29, 0.717) is 23.3 Å². The van der Waals surface area contributed by atoms with Crippen molar-refractivity contribution >= 4 is 12.1 Å². The summed E-state index contributed by atoms with van der Waals surface area (Å²) < 4.78 is 16.0. The van der Waals surface area contributed by atoms with Crippen LogP contribution in [0.25, 0.3) is 0 Å². The van der Waals surface area contributed by atoms with E-state index >= 15 is 0 Å². The molecule has 1 aliphatic heterocycles. The Morgan fingerprint density at radius 1 is 1.12 bits per heavy atom. The lowest BCUT2D eigenvalue weighted by Crippen LogP contribution is -2.26. The number of hydrogen-bond acceptors (Lipinski definition) is 7. The Kier molecular flexibility index (Phi) is 4.22. The summed E-state index contributed by atoms with van der Waals surface area (Å²) in [7, 11) is 2.87. The van der Waals surface area contributed by atoms with E-state index in [0.717, 1.165) is 6.07 Å². The van der Waals surface area contributed by atoms with Crippen LogP contribution in [0.3, 0.4) is 0 Å². The number of carbonyl (C=O) groups excluding carboxylic acids is 2. The lowest BCUT2D eigenvalue weighted by molar-refractivity contribution is 0.0889. The lowest BCUT2D eigenvalue weighted by atomic mass is 9.87. The highest BCUT2D eigenvalue weighted by molar-refractivity contribution is 6.07. The van der Waals surface area contributed by atoms with Crippen molar-refractivity contribution < 1.29 is 34.0 Å². The zero-order chi connectivity index (χ0) is 18.1. The highest BCUT2D eigenvalue weighted by Crippen LogP contribution is 2.43. The fraction of sp³-hybridized carbons (Fsp3) is 0.222. The van der Waals surface area contributed by atoms with Gasteiger partial charge in [-0.1, -0.05) is 0 Å². The van der Waals surface area contributed by atoms with Crippen LogP contribution in [0, 0.1) is 0 Å². The van der Waals surface area contributed by atoms with E-state index in [1.807, 2.05) is 0 Å². The van der Waals surface area contributed by atoms with Crippen LogP contribution in [0.15, 0.2) is 24.3 Å². The first-order valence-corrected chi connectivity index (χ1v) is 7.44. The Hall–Kier alpha value is -3.22. The molecule has 0 aliphatic carbocycles. The highest BCUT2D eigenvalue weighted by Gasteiger charge is 2.35. The molecule has 0 bridgehead atoms. The third-order valence-corrected chi connectivity index (χ3v) is 4.12. The van der Waals surface area contributed by atoms with Crippen LogP contribution in [-0.2, 0) is 0 Å². The molecule has 1 heterocycles. The minimum Gasteiger partial charge on any atom is -0.508 e. The number of rotatable bonds is 4. The van der Waals surface area contributed by atoms with Crippen LogP contribution in [0.2, 0.25) is 0 Å². The van der Waals surface area contributed by atoms with Crippen molar-refractivity contribution in [2.75, 3.05) is 20.8 Å². The predicted octanol–water partition coefficient (Wildman–Crippen LogP) is 2.29. The van der Waals surface area contributed by atoms with Gasteiger partial charge < -0.3 is 24.4 Å². The van der Waals surface area contributed by atoms with E-state index < -0.39 is 5.92 Å². The van der Waals surface area contributed by atoms with Crippen LogP contribution in [0.1, 0.15) is 32.2 Å². The number of phenolic OH excluding ortho intramolecular Hbond substituents is 2. The molecule has 0 saturated heterocycles. The van der Waals surface area contributed by atoms with Gasteiger partial charge in [0.2, 0.25) is 0 Å². The van der Waals surface area contributed by atoms with E-state index in [1.54, 1.807) is 0 Å². The molecule has 0 unspecified atom stereocenters. The fourth-order valence-electron chi connectivity index (χ4n) is 2.92. The maximum absolute atomic E-state index is 12.9. The molecule has 0 aromatic heterocycles. The molecule has 1 aliphatic rings. The molecule has 0 spiro atoms. The summed E-state index contributed by atoms with van der Waals surface area (Å²) >= 11 is 0. The van der Waals surface area contributed by atoms with Gasteiger partial charge in [-0.2, -0.15) is 0 Å². The molecule has 0 amide bonds. The molecular weight excluding hydrogens is 328 g/mol. The molecule has 3 rings (SSSR count). The van der Waals surface area contributed by atoms with Crippen molar-refractivity contribution in [2.45, 2.75) is 5.92 Å². The maximum atomic E-state index is 12.9. The van der Waals surface area contributed by atoms with Gasteiger partial charge in [-0.3, -0.25) is 9.59 Å². The van der Waals surface area contributed by atoms with Crippen LogP contribution in [-0.4, -0.2) is 43.1 Å². The van der Waals surface area contributed by atoms with Crippen LogP contribution < -0.4 is 14.2 Å². The van der Waals surface area contributed by atoms with E-state index in [-0.39, 0.29) is 40.8 Å². The smallest absolute Gasteiger partial charge is 0.181 e. The first-order valence-electron chi connectivity index (χ1n) is 7.44. The largest absolute Gasteiger partial charge is 0.508 e. The molecule has 0 fully saturated rings. The van der Waals surface area contributed by atoms with Crippen molar-refractivity contribution in [3.8, 4) is 28.7 Å². The number of methoxy groups -OCH3 is 2. The first kappa shape index (κ1) is 16.6. The van der Waals surface area contributed by atoms with Gasteiger partial charge in [0.15, 0.2) is 12.1 Å². The summed E-state index contributed by atoms with van der Waals surface area (Å²) in [5.41, 5.74) is 0.708. The summed E-state index contributed by atoms with van der Waals surface area (Å²) in [6.45, 7) is -0.0181. The van der Waals surface area contributed by atoms with Crippen LogP contribution >= 0.6 is 0 Å². The van der Waals surface area contributed by atoms with Gasteiger partial charge in [-0.05, 0) is 6.07 Å². The number of carbonyl (C=O) groups is 2. The number of aldehydes is 1. The van der Waals surface area contributed by atoms with Gasteiger partial charge in [-0.25, -0.2) is 0 Å². The average molecular weight is 344 g/mol. The Labute approximate surface area is 143 Å². The molecular formula is C18H16O7. The van der Waals surface area contributed by atoms with Crippen molar-refractivity contribution in [2.24, 2.45) is 0 Å². The molecule has 7 heteroatoms. The van der Waals surface area contributed by atoms with E-state index in [2.05, 4.69) is 0 Å². The summed E-state index contributed by atoms with van der Waals surface area (Å²) in [5.74, 6) is -0.928. The minimum absolute atomic E-state index is 0.0143. The number of Topliss-reactive ketones (excluding diaryl/α,β-unsaturated/α-hetero) is 1. The zero-order valence-electron chi connectivity index (χ0n) is 13.6. The summed E-state index contributed by atoms with van der Waals surface area (Å²) in [6, 6.07) is 5.38. The molecule has 2 aromatic rings. The van der Waals surface area contributed by atoms with Gasteiger partial charge in [0, 0.05) is 23.8 Å². The molecule has 25 heavy (non-hydrogen) atoms. The number of fused-ring (bicyclic) bond motifs is 1. The van der Waals surface area contributed by atoms with Crippen LogP contribution in [0.5, 0.6) is 28.7 Å². The molecule has 2 aromatic carbocycles. The van der Waals surface area contributed by atoms with Gasteiger partial charge in [0.1, 0.15) is 40.9 Å². The molecule has 0 radical (unpaired) electrons. The topological polar surface area (TPSA) is 102 Å². The monoisotopic (exact) mass is 344 g/mol. The van der Waals surface area contributed by atoms with Gasteiger partial charge in [0.25, 0.3) is 0 Å². The summed E-state index contributed by atoms with van der Waals surface area (Å²) in [6.07, 6.45) is 0.624. The molecule has 2 N–H and O–H groups in total. The second-order valence-corrected chi connectivity index (χ2v) is 5.52. The molecule has 1 atom stereocenters. The first-order chi connectivity index (χ1) is 12.0. The lowest BCUT2D eigenvalue weighted by Gasteiger charge is -2.26. The Morgan fingerprint density at radius 2 is 1.84 bits per heavy atom. The second kappa shape index (κ2) is 6.35. The van der Waals surface area contributed by atoms with Crippen molar-refractivity contribution in [1.29, 1.82) is 0 Å². The highest BCUT2D eigenvalue weighted by atomic mass is 16.5. The fourth-order valence-corrected chi connectivity index (χ4v) is 2.92. The SMILES string of the molecule is COc1cc(OC)c([C@H]2COc3cc(O)cc(O)c3C2=O)cc1C=O. The number of phenols is 2. The summed E-state index contributed by atoms with van der Waals surface area (Å²) in [4.78, 5) is 24.2. The van der Waals surface area contributed by atoms with Crippen molar-refractivity contribution in [3.05, 3.63) is 41.0 Å². The molecule has 130 valence electrons. The third kappa shape index (κ3) is 2.73. The summed E-state index contributed by atoms with van der Waals surface area (Å²) in [5, 5.41) is 19.5. The van der Waals surface area contributed by atoms with Crippen molar-refractivity contribution in [3.63, 3.8) is 0 Å². The zero-order valence-corrected chi connectivity index (χ0v) is 13.6. The average Bonchev–Trinajstić information content (AvgIpc) is 2.60. The Balaban J connectivity index is 2.11. The number of ether oxygens (including phenoxy) is 3. The third-order valence-electron chi connectivity index (χ3n) is 4.12. The number of hydrogen-bond donors (Lipinski definition) is 2. The Morgan fingerprint density at radius 3 is 2.48 bits per heavy atom. The molecule has 7 nitrogen and oxygen atoms in total. The number of ketones is 1. The Bertz CT molecular complexity index is 857. The van der Waals surface area contributed by atoms with Crippen molar-refractivity contribution in [1.82, 2.24) is 0 Å². The van der Waals surface area contributed by atoms with Gasteiger partial charge >= 0.3 is 0 Å². The van der Waals surface area contributed by atoms with Gasteiger partial charge in [-0.15, -0.1) is 0 Å². The maximum Gasteiger partial charge on any atom is 0.181 e.